The second kappa shape index (κ2) is 6.13. The first kappa shape index (κ1) is 16.6. The summed E-state index contributed by atoms with van der Waals surface area (Å²) in [5.41, 5.74) is 2.51. The summed E-state index contributed by atoms with van der Waals surface area (Å²) >= 11 is 5.96. The van der Waals surface area contributed by atoms with E-state index >= 15 is 0 Å². The minimum atomic E-state index is -0.238. The average molecular weight is 313 g/mol. The molecule has 2 atom stereocenters. The minimum Gasteiger partial charge on any atom is -0.492 e. The molecule has 1 aliphatic heterocycles. The molecule has 0 saturated carbocycles. The molecule has 1 aliphatic rings. The molecule has 2 unspecified atom stereocenters. The second-order valence-electron chi connectivity index (χ2n) is 6.82. The number of hydrazine groups is 1. The van der Waals surface area contributed by atoms with Gasteiger partial charge in [0.25, 0.3) is 0 Å². The van der Waals surface area contributed by atoms with E-state index < -0.39 is 0 Å². The van der Waals surface area contributed by atoms with Crippen LogP contribution in [-0.4, -0.2) is 23.9 Å². The highest BCUT2D eigenvalue weighted by Gasteiger charge is 2.49. The fraction of sp³-hybridized carbons (Fsp3) is 0.625. The predicted molar refractivity (Wildman–Crippen MR) is 85.4 cm³/mol. The number of benzene rings is 1. The summed E-state index contributed by atoms with van der Waals surface area (Å²) in [5, 5.41) is 0.662. The van der Waals surface area contributed by atoms with Gasteiger partial charge in [-0.15, -0.1) is 0 Å². The Morgan fingerprint density at radius 3 is 2.67 bits per heavy atom. The molecule has 0 amide bonds. The van der Waals surface area contributed by atoms with Gasteiger partial charge in [-0.05, 0) is 52.3 Å². The normalized spacial score (nSPS) is 24.8. The van der Waals surface area contributed by atoms with E-state index in [1.165, 1.54) is 0 Å². The number of nitrogens with two attached hydrogens (primary N) is 1. The zero-order valence-electron chi connectivity index (χ0n) is 13.2. The molecule has 118 valence electrons. The number of nitrogens with one attached hydrogen (secondary N) is 1. The minimum absolute atomic E-state index is 0.0146. The van der Waals surface area contributed by atoms with Crippen molar-refractivity contribution >= 4 is 11.6 Å². The van der Waals surface area contributed by atoms with E-state index in [1.54, 1.807) is 6.07 Å². The smallest absolute Gasteiger partial charge is 0.120 e. The van der Waals surface area contributed by atoms with Crippen molar-refractivity contribution in [1.29, 1.82) is 0 Å². The Labute approximate surface area is 131 Å². The van der Waals surface area contributed by atoms with E-state index in [2.05, 4.69) is 33.1 Å². The lowest BCUT2D eigenvalue weighted by molar-refractivity contribution is -0.0789. The van der Waals surface area contributed by atoms with Gasteiger partial charge in [0.2, 0.25) is 0 Å². The first-order valence-corrected chi connectivity index (χ1v) is 7.66. The maximum atomic E-state index is 6.13. The van der Waals surface area contributed by atoms with Gasteiger partial charge in [-0.1, -0.05) is 17.7 Å². The monoisotopic (exact) mass is 312 g/mol. The lowest BCUT2D eigenvalue weighted by Gasteiger charge is -2.32. The summed E-state index contributed by atoms with van der Waals surface area (Å²) in [5.74, 6) is 6.77. The Morgan fingerprint density at radius 1 is 1.43 bits per heavy atom. The van der Waals surface area contributed by atoms with Crippen molar-refractivity contribution in [2.75, 3.05) is 6.61 Å². The molecule has 4 nitrogen and oxygen atoms in total. The molecule has 0 aliphatic carbocycles. The topological polar surface area (TPSA) is 56.5 Å². The summed E-state index contributed by atoms with van der Waals surface area (Å²) in [4.78, 5) is 0. The quantitative estimate of drug-likeness (QED) is 0.648. The molecule has 2 rings (SSSR count). The van der Waals surface area contributed by atoms with Gasteiger partial charge in [0, 0.05) is 10.9 Å². The van der Waals surface area contributed by atoms with Crippen molar-refractivity contribution in [1.82, 2.24) is 5.43 Å². The van der Waals surface area contributed by atoms with Crippen LogP contribution in [0, 0.1) is 5.92 Å². The van der Waals surface area contributed by atoms with Gasteiger partial charge in [-0.25, -0.2) is 0 Å². The lowest BCUT2D eigenvalue weighted by Crippen LogP contribution is -2.50. The third-order valence-corrected chi connectivity index (χ3v) is 4.30. The van der Waals surface area contributed by atoms with Crippen molar-refractivity contribution < 1.29 is 9.47 Å². The number of halogens is 1. The lowest BCUT2D eigenvalue weighted by atomic mass is 9.82. The van der Waals surface area contributed by atoms with Gasteiger partial charge in [-0.3, -0.25) is 11.3 Å². The van der Waals surface area contributed by atoms with Crippen LogP contribution in [0.2, 0.25) is 5.02 Å². The van der Waals surface area contributed by atoms with Crippen molar-refractivity contribution in [3.05, 3.63) is 29.3 Å². The van der Waals surface area contributed by atoms with E-state index in [0.29, 0.717) is 11.6 Å². The molecule has 0 spiro atoms. The third kappa shape index (κ3) is 4.10. The van der Waals surface area contributed by atoms with E-state index in [1.807, 2.05) is 18.2 Å². The van der Waals surface area contributed by atoms with Crippen LogP contribution in [0.1, 0.15) is 34.1 Å². The summed E-state index contributed by atoms with van der Waals surface area (Å²) in [7, 11) is 0. The molecule has 21 heavy (non-hydrogen) atoms. The highest BCUT2D eigenvalue weighted by molar-refractivity contribution is 6.30. The molecule has 1 saturated heterocycles. The molecular formula is C16H25ClN2O2. The fourth-order valence-corrected chi connectivity index (χ4v) is 3.44. The Hall–Kier alpha value is -0.810. The molecule has 0 aromatic heterocycles. The fourth-order valence-electron chi connectivity index (χ4n) is 3.25. The summed E-state index contributed by atoms with van der Waals surface area (Å²) in [6.07, 6.45) is 0.938. The summed E-state index contributed by atoms with van der Waals surface area (Å²) in [6, 6.07) is 7.40. The maximum absolute atomic E-state index is 6.13. The summed E-state index contributed by atoms with van der Waals surface area (Å²) in [6.45, 7) is 8.91. The highest BCUT2D eigenvalue weighted by atomic mass is 35.5. The van der Waals surface area contributed by atoms with Crippen LogP contribution in [0.3, 0.4) is 0 Å². The largest absolute Gasteiger partial charge is 0.492 e. The van der Waals surface area contributed by atoms with Crippen molar-refractivity contribution in [2.45, 2.75) is 51.4 Å². The van der Waals surface area contributed by atoms with Crippen LogP contribution in [0.15, 0.2) is 24.3 Å². The van der Waals surface area contributed by atoms with Gasteiger partial charge >= 0.3 is 0 Å². The van der Waals surface area contributed by atoms with Crippen LogP contribution < -0.4 is 16.0 Å². The van der Waals surface area contributed by atoms with Gasteiger partial charge in [0.05, 0.1) is 17.2 Å². The Kier molecular flexibility index (Phi) is 4.83. The molecule has 0 bridgehead atoms. The molecule has 3 N–H and O–H groups in total. The SMILES string of the molecule is CC1(C)CC(C(COc2cccc(Cl)c2)NN)C(C)(C)O1. The maximum Gasteiger partial charge on any atom is 0.120 e. The van der Waals surface area contributed by atoms with Gasteiger partial charge in [-0.2, -0.15) is 0 Å². The highest BCUT2D eigenvalue weighted by Crippen LogP contribution is 2.43. The van der Waals surface area contributed by atoms with Crippen LogP contribution in [-0.2, 0) is 4.74 Å². The first-order valence-electron chi connectivity index (χ1n) is 7.28. The summed E-state index contributed by atoms with van der Waals surface area (Å²) < 4.78 is 12.0. The van der Waals surface area contributed by atoms with Crippen LogP contribution in [0.4, 0.5) is 0 Å². The van der Waals surface area contributed by atoms with Crippen molar-refractivity contribution in [3.63, 3.8) is 0 Å². The number of hydrogen-bond acceptors (Lipinski definition) is 4. The Bertz CT molecular complexity index is 491. The molecule has 1 fully saturated rings. The van der Waals surface area contributed by atoms with E-state index in [0.717, 1.165) is 12.2 Å². The van der Waals surface area contributed by atoms with E-state index in [-0.39, 0.29) is 23.2 Å². The molecule has 1 heterocycles. The average Bonchev–Trinajstić information content (AvgIpc) is 2.58. The van der Waals surface area contributed by atoms with Crippen LogP contribution in [0.25, 0.3) is 0 Å². The first-order chi connectivity index (χ1) is 9.73. The third-order valence-electron chi connectivity index (χ3n) is 4.07. The zero-order chi connectivity index (χ0) is 15.7. The van der Waals surface area contributed by atoms with E-state index in [4.69, 9.17) is 26.9 Å². The van der Waals surface area contributed by atoms with Crippen molar-refractivity contribution in [2.24, 2.45) is 11.8 Å². The van der Waals surface area contributed by atoms with Crippen molar-refractivity contribution in [3.8, 4) is 5.75 Å². The van der Waals surface area contributed by atoms with Crippen LogP contribution >= 0.6 is 11.6 Å². The Morgan fingerprint density at radius 2 is 2.14 bits per heavy atom. The number of ether oxygens (including phenoxy) is 2. The zero-order valence-corrected chi connectivity index (χ0v) is 13.9. The van der Waals surface area contributed by atoms with E-state index in [9.17, 15) is 0 Å². The molecular weight excluding hydrogens is 288 g/mol. The molecule has 5 heteroatoms. The molecule has 1 aromatic carbocycles. The number of hydrogen-bond donors (Lipinski definition) is 2. The standard InChI is InChI=1S/C16H25ClN2O2/c1-15(2)9-13(16(3,4)21-15)14(19-18)10-20-12-7-5-6-11(17)8-12/h5-8,13-14,19H,9-10,18H2,1-4H3. The predicted octanol–water partition coefficient (Wildman–Crippen LogP) is 3.14. The van der Waals surface area contributed by atoms with Crippen LogP contribution in [0.5, 0.6) is 5.75 Å². The van der Waals surface area contributed by atoms with Gasteiger partial charge in [0.1, 0.15) is 12.4 Å². The van der Waals surface area contributed by atoms with Gasteiger partial charge in [0.15, 0.2) is 0 Å². The number of rotatable bonds is 5. The molecule has 0 radical (unpaired) electrons. The Balaban J connectivity index is 2.03. The second-order valence-corrected chi connectivity index (χ2v) is 7.25. The molecule has 1 aromatic rings. The van der Waals surface area contributed by atoms with Gasteiger partial charge < -0.3 is 9.47 Å².